The molecule has 0 aliphatic carbocycles. The molecule has 8 N–H and O–H groups in total. The van der Waals surface area contributed by atoms with Crippen LogP contribution in [0.3, 0.4) is 0 Å². The summed E-state index contributed by atoms with van der Waals surface area (Å²) in [6.45, 7) is 5.36. The van der Waals surface area contributed by atoms with Gasteiger partial charge in [0.15, 0.2) is 23.0 Å². The number of aromatic nitrogens is 6. The summed E-state index contributed by atoms with van der Waals surface area (Å²) >= 11 is 0. The number of fused-ring (bicyclic) bond motifs is 2. The van der Waals surface area contributed by atoms with Crippen LogP contribution in [0.1, 0.15) is 76.1 Å². The van der Waals surface area contributed by atoms with Gasteiger partial charge in [0.25, 0.3) is 11.8 Å². The van der Waals surface area contributed by atoms with Crippen LogP contribution >= 0.6 is 0 Å². The summed E-state index contributed by atoms with van der Waals surface area (Å²) in [4.78, 5) is 58.3. The van der Waals surface area contributed by atoms with Gasteiger partial charge in [-0.2, -0.15) is 0 Å². The van der Waals surface area contributed by atoms with Crippen molar-refractivity contribution in [1.82, 2.24) is 29.2 Å². The number of hydrogen-bond donors (Lipinski definition) is 5. The predicted molar refractivity (Wildman–Crippen MR) is 244 cm³/mol. The number of nitrogens with one attached hydrogen (secondary N) is 2. The Morgan fingerprint density at radius 1 is 0.647 bits per heavy atom. The van der Waals surface area contributed by atoms with E-state index in [1.165, 1.54) is 15.1 Å². The third kappa shape index (κ3) is 11.6. The number of hydrogen-bond acceptors (Lipinski definition) is 12. The number of anilines is 2. The summed E-state index contributed by atoms with van der Waals surface area (Å²) in [6, 6.07) is 28.9. The first-order chi connectivity index (χ1) is 31.7. The maximum Gasteiger partial charge on any atom is 1.00 e. The normalized spacial score (nSPS) is 11.6. The first-order valence-corrected chi connectivity index (χ1v) is 20.7. The molecule has 20 heteroatoms. The van der Waals surface area contributed by atoms with Crippen molar-refractivity contribution in [3.8, 4) is 22.8 Å². The van der Waals surface area contributed by atoms with Crippen LogP contribution in [0.4, 0.5) is 20.2 Å². The second kappa shape index (κ2) is 23.0. The Morgan fingerprint density at radius 2 is 1.07 bits per heavy atom. The molecule has 8 aromatic rings. The quantitative estimate of drug-likeness (QED) is 0.0804. The molecular weight excluding hydrogens is 890 g/mol. The molecule has 0 fully saturated rings. The summed E-state index contributed by atoms with van der Waals surface area (Å²) in [5.41, 5.74) is 15.5. The Kier molecular flexibility index (Phi) is 17.5. The average Bonchev–Trinajstić information content (AvgIpc) is 3.97. The zero-order valence-electron chi connectivity index (χ0n) is 37.4. The van der Waals surface area contributed by atoms with E-state index in [0.29, 0.717) is 44.7 Å². The molecule has 68 heavy (non-hydrogen) atoms. The molecule has 8 rings (SSSR count). The fourth-order valence-corrected chi connectivity index (χ4v) is 7.07. The zero-order valence-corrected chi connectivity index (χ0v) is 39.4. The van der Waals surface area contributed by atoms with Crippen molar-refractivity contribution in [3.63, 3.8) is 0 Å². The van der Waals surface area contributed by atoms with Crippen molar-refractivity contribution in [1.29, 1.82) is 0 Å². The number of ether oxygens (including phenoxy) is 1. The number of carboxylic acid groups (broad SMARTS) is 1. The first-order valence-electron chi connectivity index (χ1n) is 20.7. The van der Waals surface area contributed by atoms with Gasteiger partial charge in [0.1, 0.15) is 11.6 Å². The molecule has 0 saturated heterocycles. The number of carboxylic acids is 1. The molecule has 17 nitrogen and oxygen atoms in total. The molecule has 0 bridgehead atoms. The van der Waals surface area contributed by atoms with Crippen molar-refractivity contribution in [2.45, 2.75) is 45.7 Å². The number of nitrogens with zero attached hydrogens (tertiary/aromatic N) is 6. The molecule has 344 valence electrons. The SMILES string of the molecule is CCOC(=O)Cc1ccccc1NC(=O)c1nc(-c2cccc([C@@H](C)N)c2F)nn2cccc12.C[C@@H](N)c1cccc(-c2nc(C(=O)Nc3ccccc3CC(=O)O)c3cccn3n2)c1F.[Na+].[OH-]. The van der Waals surface area contributed by atoms with E-state index in [1.807, 2.05) is 0 Å². The van der Waals surface area contributed by atoms with Crippen LogP contribution in [0, 0.1) is 11.6 Å². The fraction of sp³-hybridized carbons (Fsp3) is 0.167. The maximum absolute atomic E-state index is 15.1. The molecule has 4 aromatic carbocycles. The molecule has 0 spiro atoms. The van der Waals surface area contributed by atoms with E-state index >= 15 is 8.78 Å². The van der Waals surface area contributed by atoms with Gasteiger partial charge in [0.2, 0.25) is 0 Å². The summed E-state index contributed by atoms with van der Waals surface area (Å²) in [6.07, 6.45) is 3.04. The van der Waals surface area contributed by atoms with Crippen LogP contribution in [-0.2, 0) is 27.2 Å². The second-order valence-corrected chi connectivity index (χ2v) is 15.0. The van der Waals surface area contributed by atoms with Crippen LogP contribution in [0.15, 0.2) is 122 Å². The van der Waals surface area contributed by atoms with E-state index in [-0.39, 0.29) is 88.6 Å². The van der Waals surface area contributed by atoms with Crippen LogP contribution in [0.25, 0.3) is 33.8 Å². The van der Waals surface area contributed by atoms with Gasteiger partial charge in [0.05, 0.1) is 41.6 Å². The molecule has 0 aliphatic heterocycles. The molecule has 4 heterocycles. The molecular formula is C48H45F2N10NaO7. The van der Waals surface area contributed by atoms with Gasteiger partial charge in [-0.1, -0.05) is 60.7 Å². The molecule has 0 radical (unpaired) electrons. The minimum atomic E-state index is -1.02. The number of amides is 2. The number of esters is 1. The minimum Gasteiger partial charge on any atom is -0.870 e. The van der Waals surface area contributed by atoms with E-state index in [2.05, 4.69) is 30.8 Å². The van der Waals surface area contributed by atoms with Gasteiger partial charge in [-0.05, 0) is 80.4 Å². The monoisotopic (exact) mass is 934 g/mol. The van der Waals surface area contributed by atoms with Gasteiger partial charge >= 0.3 is 41.5 Å². The number of carbonyl (C=O) groups is 4. The van der Waals surface area contributed by atoms with E-state index in [4.69, 9.17) is 21.3 Å². The third-order valence-electron chi connectivity index (χ3n) is 10.2. The maximum atomic E-state index is 15.1. The number of nitrogens with two attached hydrogens (primary N) is 2. The van der Waals surface area contributed by atoms with Crippen molar-refractivity contribution >= 4 is 46.2 Å². The van der Waals surface area contributed by atoms with E-state index in [9.17, 15) is 19.2 Å². The fourth-order valence-electron chi connectivity index (χ4n) is 7.07. The van der Waals surface area contributed by atoms with Crippen molar-refractivity contribution in [3.05, 3.63) is 167 Å². The van der Waals surface area contributed by atoms with E-state index in [0.717, 1.165) is 0 Å². The van der Waals surface area contributed by atoms with Gasteiger partial charge < -0.3 is 37.4 Å². The Bertz CT molecular complexity index is 3120. The number of halogens is 2. The standard InChI is InChI=1S/C25H24FN5O3.C23H20FN5O3.Na.H2O/c1-3-34-21(32)14-16-8-4-5-11-19(16)28-25(33)23-20-12-7-13-31(20)30-24(29-23)18-10-6-9-17(15(2)27)22(18)26;1-13(25)15-7-4-8-16(20(15)24)22-27-21(18-10-5-11-29(18)28-22)23(32)26-17-9-3-2-6-14(17)12-19(30)31;;/h4-13,15H,3,14,27H2,1-2H3,(H,28,33);2-11,13H,12,25H2,1H3,(H,26,32)(H,30,31);;1H2/q;;+1;/p-1/t15-;13-;;/m11../s1. The Balaban J connectivity index is 0.000000247. The third-order valence-corrected chi connectivity index (χ3v) is 10.2. The summed E-state index contributed by atoms with van der Waals surface area (Å²) in [5.74, 6) is -3.51. The molecule has 0 unspecified atom stereocenters. The number of para-hydroxylation sites is 2. The Hall–Kier alpha value is -7.26. The average molecular weight is 935 g/mol. The summed E-state index contributed by atoms with van der Waals surface area (Å²) < 4.78 is 38.1. The number of benzene rings is 4. The van der Waals surface area contributed by atoms with Crippen molar-refractivity contribution in [2.75, 3.05) is 17.2 Å². The van der Waals surface area contributed by atoms with Crippen molar-refractivity contribution < 1.29 is 72.8 Å². The topological polar surface area (TPSA) is 264 Å². The van der Waals surface area contributed by atoms with Gasteiger partial charge in [-0.15, -0.1) is 10.2 Å². The van der Waals surface area contributed by atoms with Crippen LogP contribution in [0.5, 0.6) is 0 Å². The zero-order chi connectivity index (χ0) is 47.1. The minimum absolute atomic E-state index is 0. The van der Waals surface area contributed by atoms with Gasteiger partial charge in [-0.3, -0.25) is 19.2 Å². The van der Waals surface area contributed by atoms with Crippen molar-refractivity contribution in [2.24, 2.45) is 11.5 Å². The van der Waals surface area contributed by atoms with Crippen LogP contribution in [0.2, 0.25) is 0 Å². The Labute approximate surface area is 410 Å². The molecule has 4 aromatic heterocycles. The smallest absolute Gasteiger partial charge is 0.870 e. The first kappa shape index (κ1) is 51.7. The van der Waals surface area contributed by atoms with Gasteiger partial charge in [0, 0.05) is 47.0 Å². The number of rotatable bonds is 13. The van der Waals surface area contributed by atoms with E-state index < -0.39 is 47.5 Å². The summed E-state index contributed by atoms with van der Waals surface area (Å²) in [7, 11) is 0. The predicted octanol–water partition coefficient (Wildman–Crippen LogP) is 4.17. The number of carbonyl (C=O) groups excluding carboxylic acids is 3. The Morgan fingerprint density at radius 3 is 1.49 bits per heavy atom. The van der Waals surface area contributed by atoms with Gasteiger partial charge in [-0.25, -0.2) is 27.8 Å². The molecule has 0 saturated carbocycles. The molecule has 0 aliphatic rings. The second-order valence-electron chi connectivity index (χ2n) is 15.0. The van der Waals surface area contributed by atoms with Crippen LogP contribution < -0.4 is 51.7 Å². The molecule has 2 atom stereocenters. The van der Waals surface area contributed by atoms with E-state index in [1.54, 1.807) is 136 Å². The number of aliphatic carboxylic acids is 1. The largest absolute Gasteiger partial charge is 1.00 e. The molecule has 2 amide bonds. The van der Waals surface area contributed by atoms with Crippen LogP contribution in [-0.4, -0.2) is 70.1 Å². The summed E-state index contributed by atoms with van der Waals surface area (Å²) in [5, 5.41) is 23.4.